The number of alkyl halides is 3. The van der Waals surface area contributed by atoms with Gasteiger partial charge in [0.25, 0.3) is 5.91 Å². The average molecular weight is 482 g/mol. The lowest BCUT2D eigenvalue weighted by atomic mass is 10.1. The van der Waals surface area contributed by atoms with Gasteiger partial charge in [-0.3, -0.25) is 4.79 Å². The largest absolute Gasteiger partial charge is 0.408 e. The minimum atomic E-state index is -4.51. The van der Waals surface area contributed by atoms with E-state index in [1.807, 2.05) is 29.6 Å². The van der Waals surface area contributed by atoms with Gasteiger partial charge >= 0.3 is 6.18 Å². The van der Waals surface area contributed by atoms with Crippen LogP contribution in [0.5, 0.6) is 0 Å². The fourth-order valence-electron chi connectivity index (χ4n) is 3.14. The van der Waals surface area contributed by atoms with Crippen LogP contribution in [0.4, 0.5) is 30.8 Å². The standard InChI is InChI=1S/C23H21F3N8O/c1-13(23(24,25)26)29-20(35)16-5-3-15(4-6-16)19-32-22(34(2)33-19)30-17-9-7-14(8-10-17)18-11-12-28-21(27)31-18/h3-13H,1-2H3,(H,29,35)(H2,27,28,31)(H,30,32,33)/t13-/m1/s1. The average Bonchev–Trinajstić information content (AvgIpc) is 3.19. The lowest BCUT2D eigenvalue weighted by Gasteiger charge is -2.17. The summed E-state index contributed by atoms with van der Waals surface area (Å²) in [6.07, 6.45) is -2.92. The molecule has 0 saturated heterocycles. The van der Waals surface area contributed by atoms with Crippen LogP contribution in [0.25, 0.3) is 22.6 Å². The van der Waals surface area contributed by atoms with Gasteiger partial charge < -0.3 is 16.4 Å². The lowest BCUT2D eigenvalue weighted by molar-refractivity contribution is -0.149. The molecule has 0 aliphatic rings. The van der Waals surface area contributed by atoms with E-state index in [1.165, 1.54) is 12.1 Å². The van der Waals surface area contributed by atoms with Crippen molar-refractivity contribution in [1.29, 1.82) is 0 Å². The van der Waals surface area contributed by atoms with Gasteiger partial charge in [-0.2, -0.15) is 18.2 Å². The predicted octanol–water partition coefficient (Wildman–Crippen LogP) is 3.95. The van der Waals surface area contributed by atoms with Crippen molar-refractivity contribution in [3.8, 4) is 22.6 Å². The second-order valence-corrected chi connectivity index (χ2v) is 7.70. The molecule has 180 valence electrons. The lowest BCUT2D eigenvalue weighted by Crippen LogP contribution is -2.43. The molecule has 4 aromatic rings. The van der Waals surface area contributed by atoms with Crippen LogP contribution in [0.15, 0.2) is 60.8 Å². The summed E-state index contributed by atoms with van der Waals surface area (Å²) < 4.78 is 39.6. The highest BCUT2D eigenvalue weighted by Gasteiger charge is 2.37. The summed E-state index contributed by atoms with van der Waals surface area (Å²) in [5.41, 5.74) is 8.69. The van der Waals surface area contributed by atoms with E-state index in [0.29, 0.717) is 23.0 Å². The third-order valence-corrected chi connectivity index (χ3v) is 5.12. The maximum atomic E-state index is 12.7. The monoisotopic (exact) mass is 482 g/mol. The van der Waals surface area contributed by atoms with Crippen LogP contribution < -0.4 is 16.4 Å². The van der Waals surface area contributed by atoms with Gasteiger partial charge in [0.05, 0.1) is 5.69 Å². The van der Waals surface area contributed by atoms with Crippen LogP contribution in [0.2, 0.25) is 0 Å². The number of benzene rings is 2. The highest BCUT2D eigenvalue weighted by atomic mass is 19.4. The first-order valence-electron chi connectivity index (χ1n) is 10.4. The maximum Gasteiger partial charge on any atom is 0.408 e. The molecule has 1 atom stereocenters. The van der Waals surface area contributed by atoms with Gasteiger partial charge in [0.15, 0.2) is 5.82 Å². The van der Waals surface area contributed by atoms with E-state index in [-0.39, 0.29) is 11.5 Å². The minimum absolute atomic E-state index is 0.102. The molecule has 0 fully saturated rings. The molecule has 0 saturated carbocycles. The summed E-state index contributed by atoms with van der Waals surface area (Å²) in [4.78, 5) is 24.6. The number of carbonyl (C=O) groups excluding carboxylic acids is 1. The van der Waals surface area contributed by atoms with E-state index in [9.17, 15) is 18.0 Å². The van der Waals surface area contributed by atoms with Gasteiger partial charge in [0.1, 0.15) is 6.04 Å². The summed E-state index contributed by atoms with van der Waals surface area (Å²) in [5.74, 6) is 0.241. The highest BCUT2D eigenvalue weighted by molar-refractivity contribution is 5.94. The number of rotatable bonds is 6. The summed E-state index contributed by atoms with van der Waals surface area (Å²) >= 11 is 0. The van der Waals surface area contributed by atoms with Crippen LogP contribution in [-0.2, 0) is 7.05 Å². The number of nitrogens with zero attached hydrogens (tertiary/aromatic N) is 5. The first-order valence-corrected chi connectivity index (χ1v) is 10.4. The highest BCUT2D eigenvalue weighted by Crippen LogP contribution is 2.24. The topological polar surface area (TPSA) is 124 Å². The molecule has 9 nitrogen and oxygen atoms in total. The van der Waals surface area contributed by atoms with Crippen molar-refractivity contribution in [2.75, 3.05) is 11.1 Å². The third kappa shape index (κ3) is 5.54. The zero-order valence-electron chi connectivity index (χ0n) is 18.7. The van der Waals surface area contributed by atoms with Crippen LogP contribution in [0.3, 0.4) is 0 Å². The van der Waals surface area contributed by atoms with Crippen molar-refractivity contribution < 1.29 is 18.0 Å². The molecule has 1 amide bonds. The molecule has 4 rings (SSSR count). The molecule has 0 aliphatic heterocycles. The van der Waals surface area contributed by atoms with Gasteiger partial charge in [0.2, 0.25) is 11.9 Å². The third-order valence-electron chi connectivity index (χ3n) is 5.12. The number of aryl methyl sites for hydroxylation is 1. The van der Waals surface area contributed by atoms with Crippen molar-refractivity contribution in [3.05, 3.63) is 66.4 Å². The Kier molecular flexibility index (Phi) is 6.36. The van der Waals surface area contributed by atoms with Crippen LogP contribution >= 0.6 is 0 Å². The molecular formula is C23H21F3N8O. The Hall–Kier alpha value is -4.48. The molecule has 4 N–H and O–H groups in total. The van der Waals surface area contributed by atoms with E-state index in [4.69, 9.17) is 5.73 Å². The molecule has 2 aromatic carbocycles. The molecule has 0 aliphatic carbocycles. The van der Waals surface area contributed by atoms with Crippen molar-refractivity contribution in [2.45, 2.75) is 19.1 Å². The van der Waals surface area contributed by atoms with Gasteiger partial charge in [-0.25, -0.2) is 14.6 Å². The Morgan fingerprint density at radius 1 is 1.00 bits per heavy atom. The van der Waals surface area contributed by atoms with E-state index in [1.54, 1.807) is 36.1 Å². The van der Waals surface area contributed by atoms with Crippen molar-refractivity contribution in [1.82, 2.24) is 30.0 Å². The van der Waals surface area contributed by atoms with Crippen molar-refractivity contribution >= 4 is 23.5 Å². The predicted molar refractivity (Wildman–Crippen MR) is 125 cm³/mol. The number of aromatic nitrogens is 5. The summed E-state index contributed by atoms with van der Waals surface area (Å²) in [7, 11) is 1.72. The molecule has 35 heavy (non-hydrogen) atoms. The van der Waals surface area contributed by atoms with E-state index in [2.05, 4.69) is 25.4 Å². The molecule has 0 spiro atoms. The summed E-state index contributed by atoms with van der Waals surface area (Å²) in [6, 6.07) is 13.3. The van der Waals surface area contributed by atoms with E-state index in [0.717, 1.165) is 18.2 Å². The van der Waals surface area contributed by atoms with Crippen molar-refractivity contribution in [3.63, 3.8) is 0 Å². The number of halogens is 3. The van der Waals surface area contributed by atoms with Gasteiger partial charge in [0, 0.05) is 35.6 Å². The summed E-state index contributed by atoms with van der Waals surface area (Å²) in [6.45, 7) is 0.887. The molecule has 2 aromatic heterocycles. The first-order chi connectivity index (χ1) is 16.6. The van der Waals surface area contributed by atoms with Crippen LogP contribution in [0, 0.1) is 0 Å². The number of amides is 1. The number of nitrogens with one attached hydrogen (secondary N) is 2. The second kappa shape index (κ2) is 9.41. The zero-order chi connectivity index (χ0) is 25.2. The smallest absolute Gasteiger partial charge is 0.368 e. The number of anilines is 3. The normalized spacial score (nSPS) is 12.3. The number of nitrogen functional groups attached to an aromatic ring is 1. The Labute approximate surface area is 198 Å². The quantitative estimate of drug-likeness (QED) is 0.380. The first kappa shape index (κ1) is 23.7. The second-order valence-electron chi connectivity index (χ2n) is 7.70. The number of nitrogens with two attached hydrogens (primary N) is 1. The SMILES string of the molecule is C[C@@H](NC(=O)c1ccc(-c2nc(Nc3ccc(-c4ccnc(N)n4)cc3)n(C)n2)cc1)C(F)(F)F. The van der Waals surface area contributed by atoms with Crippen LogP contribution in [0.1, 0.15) is 17.3 Å². The molecule has 2 heterocycles. The van der Waals surface area contributed by atoms with Gasteiger partial charge in [-0.15, -0.1) is 5.10 Å². The minimum Gasteiger partial charge on any atom is -0.368 e. The molecular weight excluding hydrogens is 461 g/mol. The van der Waals surface area contributed by atoms with E-state index >= 15 is 0 Å². The van der Waals surface area contributed by atoms with E-state index < -0.39 is 18.1 Å². The molecule has 0 bridgehead atoms. The van der Waals surface area contributed by atoms with Crippen LogP contribution in [-0.4, -0.2) is 42.9 Å². The summed E-state index contributed by atoms with van der Waals surface area (Å²) in [5, 5.41) is 9.48. The fourth-order valence-corrected chi connectivity index (χ4v) is 3.14. The number of hydrogen-bond donors (Lipinski definition) is 3. The van der Waals surface area contributed by atoms with Crippen molar-refractivity contribution in [2.24, 2.45) is 7.05 Å². The fraction of sp³-hybridized carbons (Fsp3) is 0.174. The number of hydrogen-bond acceptors (Lipinski definition) is 7. The molecule has 12 heteroatoms. The molecule has 0 unspecified atom stereocenters. The Bertz CT molecular complexity index is 1330. The van der Waals surface area contributed by atoms with Gasteiger partial charge in [-0.05, 0) is 37.3 Å². The maximum absolute atomic E-state index is 12.7. The molecule has 0 radical (unpaired) electrons. The zero-order valence-corrected chi connectivity index (χ0v) is 18.7. The Morgan fingerprint density at radius 3 is 2.29 bits per heavy atom. The van der Waals surface area contributed by atoms with Gasteiger partial charge in [-0.1, -0.05) is 24.3 Å². The Morgan fingerprint density at radius 2 is 1.66 bits per heavy atom. The Balaban J connectivity index is 1.45. The number of carbonyl (C=O) groups is 1.